The summed E-state index contributed by atoms with van der Waals surface area (Å²) in [7, 11) is 0. The largest absolute Gasteiger partial charge is 0.481 e. The summed E-state index contributed by atoms with van der Waals surface area (Å²) in [5.41, 5.74) is 3.60. The van der Waals surface area contributed by atoms with Crippen LogP contribution in [-0.4, -0.2) is 56.0 Å². The van der Waals surface area contributed by atoms with Crippen LogP contribution in [0.4, 0.5) is 17.6 Å². The quantitative estimate of drug-likeness (QED) is 0.296. The van der Waals surface area contributed by atoms with Crippen LogP contribution in [-0.2, 0) is 11.2 Å². The first-order valence-electron chi connectivity index (χ1n) is 12.9. The van der Waals surface area contributed by atoms with Crippen LogP contribution in [0.15, 0.2) is 53.1 Å². The molecule has 1 fully saturated rings. The Bertz CT molecular complexity index is 1550. The number of carboxylic acid groups (broad SMARTS) is 1. The van der Waals surface area contributed by atoms with Crippen LogP contribution in [0.1, 0.15) is 48.0 Å². The molecule has 2 aliphatic rings. The molecule has 1 N–H and O–H groups in total. The molecule has 0 amide bonds. The Morgan fingerprint density at radius 1 is 0.895 bits per heavy atom. The number of anilines is 3. The first-order chi connectivity index (χ1) is 18.5. The maximum absolute atomic E-state index is 13.1. The van der Waals surface area contributed by atoms with Gasteiger partial charge < -0.3 is 14.9 Å². The van der Waals surface area contributed by atoms with E-state index in [2.05, 4.69) is 43.9 Å². The Labute approximate surface area is 228 Å². The van der Waals surface area contributed by atoms with E-state index in [0.717, 1.165) is 66.4 Å². The third-order valence-corrected chi connectivity index (χ3v) is 7.68. The fourth-order valence-electron chi connectivity index (χ4n) is 5.32. The zero-order valence-electron chi connectivity index (χ0n) is 20.8. The molecule has 0 saturated carbocycles. The van der Waals surface area contributed by atoms with Crippen LogP contribution in [0.2, 0.25) is 0 Å². The van der Waals surface area contributed by atoms with E-state index >= 15 is 0 Å². The second-order valence-electron chi connectivity index (χ2n) is 9.70. The molecule has 0 spiro atoms. The van der Waals surface area contributed by atoms with Gasteiger partial charge in [0.05, 0.1) is 11.9 Å². The summed E-state index contributed by atoms with van der Waals surface area (Å²) in [6, 6.07) is 14.1. The zero-order valence-corrected chi connectivity index (χ0v) is 22.4. The minimum absolute atomic E-state index is 0.0764. The van der Waals surface area contributed by atoms with E-state index in [1.54, 1.807) is 6.20 Å². The summed E-state index contributed by atoms with van der Waals surface area (Å²) in [6.07, 6.45) is 5.63. The second-order valence-corrected chi connectivity index (χ2v) is 10.6. The Morgan fingerprint density at radius 2 is 1.66 bits per heavy atom. The van der Waals surface area contributed by atoms with E-state index in [0.29, 0.717) is 23.4 Å². The van der Waals surface area contributed by atoms with Crippen LogP contribution in [0.3, 0.4) is 0 Å². The van der Waals surface area contributed by atoms with Gasteiger partial charge in [0.1, 0.15) is 0 Å². The summed E-state index contributed by atoms with van der Waals surface area (Å²) < 4.78 is 2.66. The van der Waals surface area contributed by atoms with Gasteiger partial charge in [-0.15, -0.1) is 0 Å². The third-order valence-electron chi connectivity index (χ3n) is 7.19. The standard InChI is InChI=1S/C28H27BrN6O3/c29-19-9-10-23-20(16-19)21(24(36)11-12-25(37)38)17-35(23)28-31-26(33-13-3-4-14-33)30-27(32-28)34-15-5-7-18-6-1-2-8-22(18)34/h1-2,6,8-10,16-17H,3-5,7,11-15H2,(H,37,38). The normalized spacial score (nSPS) is 15.2. The molecule has 0 atom stereocenters. The van der Waals surface area contributed by atoms with Crippen molar-refractivity contribution in [3.8, 4) is 5.95 Å². The number of para-hydroxylation sites is 1. The van der Waals surface area contributed by atoms with Crippen molar-refractivity contribution in [2.24, 2.45) is 0 Å². The lowest BCUT2D eigenvalue weighted by Gasteiger charge is -2.30. The van der Waals surface area contributed by atoms with E-state index in [-0.39, 0.29) is 18.6 Å². The molecule has 4 aromatic rings. The van der Waals surface area contributed by atoms with E-state index in [1.165, 1.54) is 5.56 Å². The fraction of sp³-hybridized carbons (Fsp3) is 0.321. The first-order valence-corrected chi connectivity index (χ1v) is 13.7. The first kappa shape index (κ1) is 24.5. The van der Waals surface area contributed by atoms with E-state index in [1.807, 2.05) is 28.8 Å². The molecule has 0 unspecified atom stereocenters. The number of fused-ring (bicyclic) bond motifs is 2. The molecule has 2 aromatic heterocycles. The van der Waals surface area contributed by atoms with Gasteiger partial charge in [0, 0.05) is 53.4 Å². The van der Waals surface area contributed by atoms with Crippen molar-refractivity contribution in [3.63, 3.8) is 0 Å². The zero-order chi connectivity index (χ0) is 26.2. The van der Waals surface area contributed by atoms with Crippen molar-refractivity contribution in [3.05, 3.63) is 64.3 Å². The SMILES string of the molecule is O=C(O)CCC(=O)c1cn(-c2nc(N3CCCC3)nc(N3CCCc4ccccc43)n2)c2ccc(Br)cc12. The lowest BCUT2D eigenvalue weighted by Crippen LogP contribution is -2.29. The predicted molar refractivity (Wildman–Crippen MR) is 149 cm³/mol. The van der Waals surface area contributed by atoms with Crippen molar-refractivity contribution in [2.45, 2.75) is 38.5 Å². The van der Waals surface area contributed by atoms with Gasteiger partial charge in [-0.2, -0.15) is 15.0 Å². The summed E-state index contributed by atoms with van der Waals surface area (Å²) in [5, 5.41) is 9.83. The van der Waals surface area contributed by atoms with Gasteiger partial charge in [0.25, 0.3) is 0 Å². The number of carbonyl (C=O) groups is 2. The molecule has 0 aliphatic carbocycles. The molecule has 9 nitrogen and oxygen atoms in total. The Morgan fingerprint density at radius 3 is 2.47 bits per heavy atom. The summed E-state index contributed by atoms with van der Waals surface area (Å²) in [5.74, 6) is 0.422. The van der Waals surface area contributed by atoms with Gasteiger partial charge in [-0.05, 0) is 55.5 Å². The van der Waals surface area contributed by atoms with E-state index in [9.17, 15) is 9.59 Å². The maximum Gasteiger partial charge on any atom is 0.303 e. The van der Waals surface area contributed by atoms with E-state index in [4.69, 9.17) is 20.1 Å². The van der Waals surface area contributed by atoms with Gasteiger partial charge in [-0.3, -0.25) is 14.2 Å². The highest BCUT2D eigenvalue weighted by molar-refractivity contribution is 9.10. The number of hydrogen-bond donors (Lipinski definition) is 1. The van der Waals surface area contributed by atoms with Crippen LogP contribution >= 0.6 is 15.9 Å². The smallest absolute Gasteiger partial charge is 0.303 e. The third kappa shape index (κ3) is 4.64. The number of benzene rings is 2. The molecular weight excluding hydrogens is 548 g/mol. The van der Waals surface area contributed by atoms with Gasteiger partial charge in [0.2, 0.25) is 17.8 Å². The summed E-state index contributed by atoms with van der Waals surface area (Å²) in [4.78, 5) is 43.3. The monoisotopic (exact) mass is 574 g/mol. The summed E-state index contributed by atoms with van der Waals surface area (Å²) >= 11 is 3.51. The molecule has 1 saturated heterocycles. The number of carbonyl (C=O) groups excluding carboxylic acids is 1. The van der Waals surface area contributed by atoms with Crippen LogP contribution in [0.25, 0.3) is 16.9 Å². The number of aromatic nitrogens is 4. The van der Waals surface area contributed by atoms with Gasteiger partial charge in [0.15, 0.2) is 5.78 Å². The van der Waals surface area contributed by atoms with Gasteiger partial charge in [-0.1, -0.05) is 34.1 Å². The Hall–Kier alpha value is -3.79. The van der Waals surface area contributed by atoms with Gasteiger partial charge in [-0.25, -0.2) is 0 Å². The molecule has 2 aromatic carbocycles. The molecule has 194 valence electrons. The molecule has 2 aliphatic heterocycles. The van der Waals surface area contributed by atoms with Gasteiger partial charge >= 0.3 is 5.97 Å². The van der Waals surface area contributed by atoms with Crippen LogP contribution in [0, 0.1) is 0 Å². The molecule has 10 heteroatoms. The van der Waals surface area contributed by atoms with Crippen molar-refractivity contribution >= 4 is 56.2 Å². The number of ketones is 1. The van der Waals surface area contributed by atoms with Crippen LogP contribution < -0.4 is 9.80 Å². The molecule has 4 heterocycles. The highest BCUT2D eigenvalue weighted by atomic mass is 79.9. The number of rotatable bonds is 7. The fourth-order valence-corrected chi connectivity index (χ4v) is 5.68. The van der Waals surface area contributed by atoms with Crippen molar-refractivity contribution in [2.75, 3.05) is 29.4 Å². The average molecular weight is 575 g/mol. The molecular formula is C28H27BrN6O3. The second kappa shape index (κ2) is 10.2. The number of Topliss-reactive ketones (excluding diaryl/α,β-unsaturated/α-hetero) is 1. The lowest BCUT2D eigenvalue weighted by molar-refractivity contribution is -0.136. The molecule has 6 rings (SSSR count). The summed E-state index contributed by atoms with van der Waals surface area (Å²) in [6.45, 7) is 2.58. The maximum atomic E-state index is 13.1. The molecule has 0 radical (unpaired) electrons. The highest BCUT2D eigenvalue weighted by Crippen LogP contribution is 2.34. The molecule has 0 bridgehead atoms. The minimum atomic E-state index is -0.998. The topological polar surface area (TPSA) is 104 Å². The number of halogens is 1. The predicted octanol–water partition coefficient (Wildman–Crippen LogP) is 5.31. The lowest BCUT2D eigenvalue weighted by atomic mass is 10.0. The number of hydrogen-bond acceptors (Lipinski definition) is 7. The minimum Gasteiger partial charge on any atom is -0.481 e. The van der Waals surface area contributed by atoms with Crippen molar-refractivity contribution in [1.29, 1.82) is 0 Å². The van der Waals surface area contributed by atoms with Crippen molar-refractivity contribution in [1.82, 2.24) is 19.5 Å². The number of carboxylic acids is 1. The van der Waals surface area contributed by atoms with Crippen LogP contribution in [0.5, 0.6) is 0 Å². The number of nitrogens with zero attached hydrogens (tertiary/aromatic N) is 6. The highest BCUT2D eigenvalue weighted by Gasteiger charge is 2.26. The number of aryl methyl sites for hydroxylation is 1. The Balaban J connectivity index is 1.51. The number of aliphatic carboxylic acids is 1. The molecule has 38 heavy (non-hydrogen) atoms. The van der Waals surface area contributed by atoms with Crippen molar-refractivity contribution < 1.29 is 14.7 Å². The Kier molecular flexibility index (Phi) is 6.57. The average Bonchev–Trinajstić information content (AvgIpc) is 3.60. The van der Waals surface area contributed by atoms with E-state index < -0.39 is 5.97 Å².